The van der Waals surface area contributed by atoms with Gasteiger partial charge in [-0.1, -0.05) is 30.3 Å². The molecule has 0 saturated carbocycles. The van der Waals surface area contributed by atoms with Crippen LogP contribution in [-0.4, -0.2) is 65.0 Å². The molecule has 0 unspecified atom stereocenters. The highest BCUT2D eigenvalue weighted by Crippen LogP contribution is 2.28. The van der Waals surface area contributed by atoms with Gasteiger partial charge in [0.1, 0.15) is 11.8 Å². The van der Waals surface area contributed by atoms with Gasteiger partial charge >= 0.3 is 0 Å². The van der Waals surface area contributed by atoms with E-state index in [1.807, 2.05) is 48.9 Å². The van der Waals surface area contributed by atoms with Crippen LogP contribution in [0.4, 0.5) is 0 Å². The van der Waals surface area contributed by atoms with Crippen LogP contribution >= 0.6 is 12.2 Å². The second-order valence-corrected chi connectivity index (χ2v) is 9.94. The third-order valence-corrected chi connectivity index (χ3v) is 7.40. The molecule has 2 aliphatic heterocycles. The topological polar surface area (TPSA) is 77.8 Å². The van der Waals surface area contributed by atoms with Gasteiger partial charge in [0, 0.05) is 32.2 Å². The molecule has 2 N–H and O–H groups in total. The fourth-order valence-corrected chi connectivity index (χ4v) is 5.55. The number of thiocarbonyl (C=S) groups is 1. The SMILES string of the molecule is Cc1occc1C(=O)N(C)[C@@H](Cc1ccccc1)C1CCN(C(=O)[C@@H]2C[C@@H](C)NC(=S)N2)CC1. The van der Waals surface area contributed by atoms with E-state index in [1.54, 1.807) is 12.3 Å². The van der Waals surface area contributed by atoms with Crippen LogP contribution in [0.5, 0.6) is 0 Å². The normalized spacial score (nSPS) is 22.0. The lowest BCUT2D eigenvalue weighted by Gasteiger charge is -2.41. The van der Waals surface area contributed by atoms with Gasteiger partial charge in [0.05, 0.1) is 11.8 Å². The summed E-state index contributed by atoms with van der Waals surface area (Å²) in [4.78, 5) is 30.3. The lowest BCUT2D eigenvalue weighted by Crippen LogP contribution is -2.60. The molecular formula is C26H34N4O3S. The first-order chi connectivity index (χ1) is 16.3. The minimum absolute atomic E-state index is 0.0212. The number of benzene rings is 1. The van der Waals surface area contributed by atoms with Crippen molar-refractivity contribution in [1.82, 2.24) is 20.4 Å². The van der Waals surface area contributed by atoms with Crippen LogP contribution in [0.25, 0.3) is 0 Å². The number of carbonyl (C=O) groups excluding carboxylic acids is 2. The molecule has 4 rings (SSSR count). The number of nitrogens with zero attached hydrogens (tertiary/aromatic N) is 2. The molecule has 8 heteroatoms. The molecular weight excluding hydrogens is 448 g/mol. The molecule has 2 fully saturated rings. The number of likely N-dealkylation sites (tertiary alicyclic amines) is 1. The largest absolute Gasteiger partial charge is 0.469 e. The van der Waals surface area contributed by atoms with Crippen molar-refractivity contribution in [1.29, 1.82) is 0 Å². The summed E-state index contributed by atoms with van der Waals surface area (Å²) in [5.74, 6) is 1.03. The molecule has 2 amide bonds. The van der Waals surface area contributed by atoms with Crippen molar-refractivity contribution in [2.75, 3.05) is 20.1 Å². The minimum Gasteiger partial charge on any atom is -0.469 e. The third-order valence-electron chi connectivity index (χ3n) is 7.16. The van der Waals surface area contributed by atoms with E-state index in [4.69, 9.17) is 16.6 Å². The van der Waals surface area contributed by atoms with Crippen molar-refractivity contribution in [2.45, 2.75) is 57.7 Å². The monoisotopic (exact) mass is 482 g/mol. The van der Waals surface area contributed by atoms with Crippen LogP contribution < -0.4 is 10.6 Å². The number of rotatable bonds is 6. The summed E-state index contributed by atoms with van der Waals surface area (Å²) in [5.41, 5.74) is 1.81. The molecule has 0 bridgehead atoms. The number of hydrogen-bond acceptors (Lipinski definition) is 4. The van der Waals surface area contributed by atoms with E-state index in [9.17, 15) is 9.59 Å². The summed E-state index contributed by atoms with van der Waals surface area (Å²) in [7, 11) is 1.89. The highest BCUT2D eigenvalue weighted by molar-refractivity contribution is 7.80. The first-order valence-electron chi connectivity index (χ1n) is 12.0. The maximum atomic E-state index is 13.3. The number of aryl methyl sites for hydroxylation is 1. The highest BCUT2D eigenvalue weighted by Gasteiger charge is 2.36. The molecule has 1 aromatic heterocycles. The molecule has 1 aromatic carbocycles. The van der Waals surface area contributed by atoms with Gasteiger partial charge in [0.25, 0.3) is 5.91 Å². The minimum atomic E-state index is -0.270. The fourth-order valence-electron chi connectivity index (χ4n) is 5.21. The summed E-state index contributed by atoms with van der Waals surface area (Å²) in [6.07, 6.45) is 4.78. The van der Waals surface area contributed by atoms with Crippen LogP contribution in [0.1, 0.15) is 47.9 Å². The van der Waals surface area contributed by atoms with Crippen molar-refractivity contribution in [3.05, 3.63) is 59.5 Å². The van der Waals surface area contributed by atoms with Crippen LogP contribution in [0.15, 0.2) is 47.1 Å². The average Bonchev–Trinajstić information content (AvgIpc) is 3.27. The summed E-state index contributed by atoms with van der Waals surface area (Å²) >= 11 is 5.25. The zero-order valence-corrected chi connectivity index (χ0v) is 20.9. The molecule has 3 atom stereocenters. The molecule has 3 heterocycles. The fraction of sp³-hybridized carbons (Fsp3) is 0.500. The van der Waals surface area contributed by atoms with Crippen molar-refractivity contribution < 1.29 is 14.0 Å². The van der Waals surface area contributed by atoms with Crippen LogP contribution in [0, 0.1) is 12.8 Å². The molecule has 182 valence electrons. The van der Waals surface area contributed by atoms with Gasteiger partial charge in [0.2, 0.25) is 5.91 Å². The number of carbonyl (C=O) groups is 2. The molecule has 2 saturated heterocycles. The van der Waals surface area contributed by atoms with Gasteiger partial charge in [-0.15, -0.1) is 0 Å². The Kier molecular flexibility index (Phi) is 7.56. The first kappa shape index (κ1) is 24.3. The number of piperidine rings is 1. The van der Waals surface area contributed by atoms with Gasteiger partial charge < -0.3 is 24.9 Å². The maximum Gasteiger partial charge on any atom is 0.257 e. The smallest absolute Gasteiger partial charge is 0.257 e. The summed E-state index contributed by atoms with van der Waals surface area (Å²) in [6, 6.07) is 12.0. The van der Waals surface area contributed by atoms with Crippen LogP contribution in [0.2, 0.25) is 0 Å². The van der Waals surface area contributed by atoms with Gasteiger partial charge in [0.15, 0.2) is 5.11 Å². The van der Waals surface area contributed by atoms with Crippen molar-refractivity contribution in [3.63, 3.8) is 0 Å². The van der Waals surface area contributed by atoms with Crippen molar-refractivity contribution >= 4 is 29.1 Å². The molecule has 34 heavy (non-hydrogen) atoms. The van der Waals surface area contributed by atoms with Crippen LogP contribution in [-0.2, 0) is 11.2 Å². The van der Waals surface area contributed by atoms with Gasteiger partial charge in [-0.05, 0) is 69.3 Å². The zero-order valence-electron chi connectivity index (χ0n) is 20.1. The molecule has 2 aliphatic rings. The lowest BCUT2D eigenvalue weighted by molar-refractivity contribution is -0.135. The number of nitrogens with one attached hydrogen (secondary N) is 2. The highest BCUT2D eigenvalue weighted by atomic mass is 32.1. The van der Waals surface area contributed by atoms with E-state index in [1.165, 1.54) is 5.56 Å². The Balaban J connectivity index is 1.46. The molecule has 7 nitrogen and oxygen atoms in total. The Bertz CT molecular complexity index is 1020. The summed E-state index contributed by atoms with van der Waals surface area (Å²) < 4.78 is 5.38. The Morgan fingerprint density at radius 2 is 1.88 bits per heavy atom. The molecule has 0 radical (unpaired) electrons. The quantitative estimate of drug-likeness (QED) is 0.616. The Morgan fingerprint density at radius 1 is 1.18 bits per heavy atom. The second kappa shape index (κ2) is 10.6. The van der Waals surface area contributed by atoms with Gasteiger partial charge in [-0.3, -0.25) is 9.59 Å². The molecule has 2 aromatic rings. The number of hydrogen-bond donors (Lipinski definition) is 2. The van der Waals surface area contributed by atoms with E-state index < -0.39 is 0 Å². The number of likely N-dealkylation sites (N-methyl/N-ethyl adjacent to an activating group) is 1. The standard InChI is InChI=1S/C26H34N4O3S/c1-17-15-22(28-26(34)27-17)25(32)30-12-9-20(10-13-30)23(16-19-7-5-4-6-8-19)29(3)24(31)21-11-14-33-18(21)2/h4-8,11,14,17,20,22-23H,9-10,12-13,15-16H2,1-3H3,(H2,27,28,34)/t17-,22+,23+/m1/s1. The average molecular weight is 483 g/mol. The lowest BCUT2D eigenvalue weighted by atomic mass is 9.84. The zero-order chi connectivity index (χ0) is 24.2. The predicted molar refractivity (Wildman–Crippen MR) is 136 cm³/mol. The third kappa shape index (κ3) is 5.43. The van der Waals surface area contributed by atoms with E-state index in [-0.39, 0.29) is 29.9 Å². The van der Waals surface area contributed by atoms with Gasteiger partial charge in [-0.25, -0.2) is 0 Å². The van der Waals surface area contributed by atoms with E-state index in [0.29, 0.717) is 35.4 Å². The van der Waals surface area contributed by atoms with Gasteiger partial charge in [-0.2, -0.15) is 0 Å². The van der Waals surface area contributed by atoms with E-state index in [2.05, 4.69) is 22.8 Å². The second-order valence-electron chi connectivity index (χ2n) is 9.53. The van der Waals surface area contributed by atoms with Crippen molar-refractivity contribution in [3.8, 4) is 0 Å². The number of furan rings is 1. The Labute approximate surface area is 206 Å². The molecule has 0 aliphatic carbocycles. The first-order valence-corrected chi connectivity index (χ1v) is 12.4. The Morgan fingerprint density at radius 3 is 2.50 bits per heavy atom. The molecule has 0 spiro atoms. The maximum absolute atomic E-state index is 13.3. The summed E-state index contributed by atoms with van der Waals surface area (Å²) in [5, 5.41) is 6.83. The van der Waals surface area contributed by atoms with Crippen molar-refractivity contribution in [2.24, 2.45) is 5.92 Å². The number of amides is 2. The predicted octanol–water partition coefficient (Wildman–Crippen LogP) is 3.13. The Hall–Kier alpha value is -2.87. The van der Waals surface area contributed by atoms with Crippen LogP contribution in [0.3, 0.4) is 0 Å². The summed E-state index contributed by atoms with van der Waals surface area (Å²) in [6.45, 7) is 5.24. The van der Waals surface area contributed by atoms with E-state index in [0.717, 1.165) is 25.7 Å². The van der Waals surface area contributed by atoms with E-state index >= 15 is 0 Å².